The number of thioether (sulfide) groups is 1. The van der Waals surface area contributed by atoms with Crippen molar-refractivity contribution >= 4 is 39.1 Å². The predicted octanol–water partition coefficient (Wildman–Crippen LogP) is 8.59. The number of nitrogens with zero attached hydrogens (tertiary/aromatic N) is 2. The van der Waals surface area contributed by atoms with Crippen LogP contribution in [0.15, 0.2) is 64.5 Å². The van der Waals surface area contributed by atoms with Gasteiger partial charge in [-0.05, 0) is 48.3 Å². The summed E-state index contributed by atoms with van der Waals surface area (Å²) in [5.74, 6) is 0.969. The Bertz CT molecular complexity index is 1470. The molecular formula is C33H38N2O2S2. The molecule has 0 radical (unpaired) electrons. The second-order valence-corrected chi connectivity index (χ2v) is 12.8. The Balaban J connectivity index is 1.36. The third-order valence-electron chi connectivity index (χ3n) is 7.76. The average Bonchev–Trinajstić information content (AvgIpc) is 3.32. The zero-order valence-corrected chi connectivity index (χ0v) is 24.7. The minimum Gasteiger partial charge on any atom is -0.293 e. The molecule has 4 nitrogen and oxygen atoms in total. The van der Waals surface area contributed by atoms with Crippen LogP contribution in [-0.4, -0.2) is 21.1 Å². The second-order valence-electron chi connectivity index (χ2n) is 10.8. The Hall–Kier alpha value is -2.70. The number of hydrogen-bond donors (Lipinski definition) is 0. The Labute approximate surface area is 239 Å². The van der Waals surface area contributed by atoms with E-state index in [1.54, 1.807) is 11.3 Å². The van der Waals surface area contributed by atoms with Crippen LogP contribution >= 0.6 is 23.1 Å². The molecule has 0 bridgehead atoms. The van der Waals surface area contributed by atoms with Gasteiger partial charge in [0.2, 0.25) is 0 Å². The topological polar surface area (TPSA) is 52.0 Å². The highest BCUT2D eigenvalue weighted by Crippen LogP contribution is 2.36. The van der Waals surface area contributed by atoms with Crippen LogP contribution in [-0.2, 0) is 19.4 Å². The molecule has 39 heavy (non-hydrogen) atoms. The molecule has 1 atom stereocenters. The third kappa shape index (κ3) is 6.55. The fourth-order valence-corrected chi connectivity index (χ4v) is 7.80. The monoisotopic (exact) mass is 558 g/mol. The maximum atomic E-state index is 13.8. The van der Waals surface area contributed by atoms with Gasteiger partial charge in [0, 0.05) is 17.0 Å². The first kappa shape index (κ1) is 27.9. The number of unbranched alkanes of at least 4 members (excludes halogenated alkanes) is 5. The lowest BCUT2D eigenvalue weighted by Gasteiger charge is -2.17. The maximum Gasteiger partial charge on any atom is 0.263 e. The number of thiophene rings is 1. The van der Waals surface area contributed by atoms with Gasteiger partial charge in [0.25, 0.3) is 5.56 Å². The normalized spacial score (nSPS) is 15.0. The molecule has 0 spiro atoms. The van der Waals surface area contributed by atoms with E-state index >= 15 is 0 Å². The van der Waals surface area contributed by atoms with Crippen LogP contribution in [0.1, 0.15) is 79.6 Å². The molecule has 1 aliphatic carbocycles. The lowest BCUT2D eigenvalue weighted by molar-refractivity contribution is 0.102. The maximum absolute atomic E-state index is 13.8. The number of benzene rings is 2. The molecule has 0 N–H and O–H groups in total. The molecule has 204 valence electrons. The molecule has 0 amide bonds. The van der Waals surface area contributed by atoms with Crippen LogP contribution in [0.4, 0.5) is 0 Å². The third-order valence-corrected chi connectivity index (χ3v) is 9.89. The van der Waals surface area contributed by atoms with Crippen molar-refractivity contribution in [2.45, 2.75) is 83.3 Å². The second kappa shape index (κ2) is 13.1. The van der Waals surface area contributed by atoms with Gasteiger partial charge in [0.05, 0.1) is 11.1 Å². The molecular weight excluding hydrogens is 521 g/mol. The number of rotatable bonds is 12. The summed E-state index contributed by atoms with van der Waals surface area (Å²) >= 11 is 3.09. The van der Waals surface area contributed by atoms with Gasteiger partial charge < -0.3 is 0 Å². The van der Waals surface area contributed by atoms with E-state index in [4.69, 9.17) is 4.98 Å². The number of aryl methyl sites for hydroxylation is 1. The van der Waals surface area contributed by atoms with Crippen LogP contribution in [0.3, 0.4) is 0 Å². The first-order valence-electron chi connectivity index (χ1n) is 14.4. The highest BCUT2D eigenvalue weighted by Gasteiger charge is 2.25. The van der Waals surface area contributed by atoms with E-state index in [9.17, 15) is 9.59 Å². The van der Waals surface area contributed by atoms with Crippen molar-refractivity contribution in [3.8, 4) is 11.1 Å². The molecule has 1 aliphatic rings. The van der Waals surface area contributed by atoms with E-state index in [0.717, 1.165) is 53.4 Å². The summed E-state index contributed by atoms with van der Waals surface area (Å²) in [6, 6.07) is 18.0. The molecule has 6 heteroatoms. The SMILES string of the molecule is CCCCCCCCn1c(SCC(=O)c2ccc(-c3ccccc3)cc2)nc2sc3c(c2c1=O)CC[C@@H](C)C3. The number of ketones is 1. The highest BCUT2D eigenvalue weighted by molar-refractivity contribution is 7.99. The Morgan fingerprint density at radius 1 is 1.00 bits per heavy atom. The van der Waals surface area contributed by atoms with Crippen molar-refractivity contribution in [3.63, 3.8) is 0 Å². The van der Waals surface area contributed by atoms with Gasteiger partial charge in [0.15, 0.2) is 10.9 Å². The van der Waals surface area contributed by atoms with Gasteiger partial charge in [-0.3, -0.25) is 14.2 Å². The van der Waals surface area contributed by atoms with Crippen molar-refractivity contribution in [1.82, 2.24) is 9.55 Å². The molecule has 0 aliphatic heterocycles. The van der Waals surface area contributed by atoms with Gasteiger partial charge in [-0.15, -0.1) is 11.3 Å². The van der Waals surface area contributed by atoms with Gasteiger partial charge in [0.1, 0.15) is 4.83 Å². The van der Waals surface area contributed by atoms with Crippen LogP contribution in [0, 0.1) is 5.92 Å². The van der Waals surface area contributed by atoms with E-state index in [0.29, 0.717) is 23.2 Å². The predicted molar refractivity (Wildman–Crippen MR) is 165 cm³/mol. The number of carbonyl (C=O) groups is 1. The summed E-state index contributed by atoms with van der Waals surface area (Å²) in [6.07, 6.45) is 10.1. The summed E-state index contributed by atoms with van der Waals surface area (Å²) in [7, 11) is 0. The number of carbonyl (C=O) groups excluding carboxylic acids is 1. The molecule has 0 unspecified atom stereocenters. The smallest absolute Gasteiger partial charge is 0.263 e. The molecule has 0 saturated carbocycles. The van der Waals surface area contributed by atoms with Crippen LogP contribution in [0.2, 0.25) is 0 Å². The van der Waals surface area contributed by atoms with Gasteiger partial charge in [-0.1, -0.05) is 112 Å². The van der Waals surface area contributed by atoms with E-state index in [2.05, 4.69) is 26.0 Å². The summed E-state index contributed by atoms with van der Waals surface area (Å²) in [6.45, 7) is 5.18. The molecule has 2 aromatic heterocycles. The molecule has 5 rings (SSSR count). The van der Waals surface area contributed by atoms with Gasteiger partial charge >= 0.3 is 0 Å². The van der Waals surface area contributed by atoms with Crippen LogP contribution < -0.4 is 5.56 Å². The van der Waals surface area contributed by atoms with Crippen molar-refractivity contribution in [1.29, 1.82) is 0 Å². The lowest BCUT2D eigenvalue weighted by atomic mass is 9.89. The van der Waals surface area contributed by atoms with E-state index in [1.807, 2.05) is 47.0 Å². The molecule has 4 aromatic rings. The van der Waals surface area contributed by atoms with Crippen molar-refractivity contribution in [2.75, 3.05) is 5.75 Å². The zero-order valence-electron chi connectivity index (χ0n) is 23.1. The number of hydrogen-bond acceptors (Lipinski definition) is 5. The Morgan fingerprint density at radius 3 is 2.49 bits per heavy atom. The largest absolute Gasteiger partial charge is 0.293 e. The number of Topliss-reactive ketones (excluding diaryl/α,β-unsaturated/α-hetero) is 1. The summed E-state index contributed by atoms with van der Waals surface area (Å²) in [4.78, 5) is 34.2. The van der Waals surface area contributed by atoms with E-state index in [-0.39, 0.29) is 17.1 Å². The summed E-state index contributed by atoms with van der Waals surface area (Å²) < 4.78 is 1.86. The fraction of sp³-hybridized carbons (Fsp3) is 0.424. The molecule has 0 saturated heterocycles. The first-order chi connectivity index (χ1) is 19.0. The van der Waals surface area contributed by atoms with Crippen molar-refractivity contribution < 1.29 is 4.79 Å². The zero-order chi connectivity index (χ0) is 27.2. The quantitative estimate of drug-likeness (QED) is 0.0756. The van der Waals surface area contributed by atoms with Crippen LogP contribution in [0.5, 0.6) is 0 Å². The van der Waals surface area contributed by atoms with Crippen molar-refractivity contribution in [3.05, 3.63) is 81.0 Å². The summed E-state index contributed by atoms with van der Waals surface area (Å²) in [5, 5.41) is 1.52. The van der Waals surface area contributed by atoms with Crippen molar-refractivity contribution in [2.24, 2.45) is 5.92 Å². The summed E-state index contributed by atoms with van der Waals surface area (Å²) in [5.41, 5.74) is 4.23. The highest BCUT2D eigenvalue weighted by atomic mass is 32.2. The van der Waals surface area contributed by atoms with E-state index < -0.39 is 0 Å². The standard InChI is InChI=1S/C33H38N2O2S2/c1-3-4-5-6-7-11-20-35-32(37)30-27-19-14-23(2)21-29(27)39-31(30)34-33(35)38-22-28(36)26-17-15-25(16-18-26)24-12-9-8-10-13-24/h8-10,12-13,15-18,23H,3-7,11,14,19-22H2,1-2H3/t23-/m1/s1. The molecule has 2 aromatic carbocycles. The van der Waals surface area contributed by atoms with Gasteiger partial charge in [-0.2, -0.15) is 0 Å². The fourth-order valence-electron chi connectivity index (χ4n) is 5.45. The van der Waals surface area contributed by atoms with Crippen LogP contribution in [0.25, 0.3) is 21.3 Å². The van der Waals surface area contributed by atoms with E-state index in [1.165, 1.54) is 47.9 Å². The minimum absolute atomic E-state index is 0.0550. The Morgan fingerprint density at radius 2 is 1.72 bits per heavy atom. The minimum atomic E-state index is 0.0550. The Kier molecular flexibility index (Phi) is 9.36. The molecule has 2 heterocycles. The molecule has 0 fully saturated rings. The lowest BCUT2D eigenvalue weighted by Crippen LogP contribution is -2.24. The average molecular weight is 559 g/mol. The number of aromatic nitrogens is 2. The number of fused-ring (bicyclic) bond motifs is 3. The first-order valence-corrected chi connectivity index (χ1v) is 16.2. The van der Waals surface area contributed by atoms with Gasteiger partial charge in [-0.25, -0.2) is 4.98 Å².